The van der Waals surface area contributed by atoms with Crippen LogP contribution in [0.2, 0.25) is 0 Å². The maximum Gasteiger partial charge on any atom is 0.124 e. The van der Waals surface area contributed by atoms with Gasteiger partial charge in [0.25, 0.3) is 0 Å². The van der Waals surface area contributed by atoms with Gasteiger partial charge < -0.3 is 15.2 Å². The first-order chi connectivity index (χ1) is 13.2. The molecule has 1 spiro atoms. The minimum Gasteiger partial charge on any atom is -0.488 e. The van der Waals surface area contributed by atoms with Crippen molar-refractivity contribution < 1.29 is 9.84 Å². The van der Waals surface area contributed by atoms with Crippen molar-refractivity contribution in [1.29, 1.82) is 0 Å². The van der Waals surface area contributed by atoms with Crippen molar-refractivity contribution in [3.05, 3.63) is 65.2 Å². The van der Waals surface area contributed by atoms with Crippen LogP contribution in [0.15, 0.2) is 48.5 Å². The van der Waals surface area contributed by atoms with E-state index in [1.807, 2.05) is 12.1 Å². The van der Waals surface area contributed by atoms with E-state index in [1.54, 1.807) is 0 Å². The van der Waals surface area contributed by atoms with Crippen molar-refractivity contribution in [2.24, 2.45) is 0 Å². The molecule has 0 unspecified atom stereocenters. The Hall–Kier alpha value is -1.88. The zero-order chi connectivity index (χ0) is 18.4. The lowest BCUT2D eigenvalue weighted by molar-refractivity contribution is -0.0672. The first-order valence-electron chi connectivity index (χ1n) is 10.1. The van der Waals surface area contributed by atoms with Crippen LogP contribution in [-0.2, 0) is 5.41 Å². The third-order valence-electron chi connectivity index (χ3n) is 6.74. The number of nitrogens with one attached hydrogen (secondary N) is 1. The molecule has 0 bridgehead atoms. The quantitative estimate of drug-likeness (QED) is 0.879. The van der Waals surface area contributed by atoms with E-state index in [4.69, 9.17) is 4.74 Å². The Morgan fingerprint density at radius 3 is 2.63 bits per heavy atom. The highest BCUT2D eigenvalue weighted by Crippen LogP contribution is 2.52. The van der Waals surface area contributed by atoms with Gasteiger partial charge in [0.2, 0.25) is 0 Å². The summed E-state index contributed by atoms with van der Waals surface area (Å²) in [5.41, 5.74) is 3.82. The van der Waals surface area contributed by atoms with Crippen LogP contribution in [0.4, 0.5) is 0 Å². The molecule has 2 aliphatic heterocycles. The molecule has 2 saturated heterocycles. The van der Waals surface area contributed by atoms with Crippen LogP contribution in [0.5, 0.6) is 5.75 Å². The number of ether oxygens (including phenoxy) is 1. The van der Waals surface area contributed by atoms with E-state index in [1.165, 1.54) is 16.7 Å². The zero-order valence-corrected chi connectivity index (χ0v) is 15.9. The lowest BCUT2D eigenvalue weighted by Crippen LogP contribution is -2.58. The molecule has 2 N–H and O–H groups in total. The lowest BCUT2D eigenvalue weighted by Gasteiger charge is -2.46. The summed E-state index contributed by atoms with van der Waals surface area (Å²) < 4.78 is 6.15. The third kappa shape index (κ3) is 2.78. The molecule has 0 amide bonds. The largest absolute Gasteiger partial charge is 0.488 e. The van der Waals surface area contributed by atoms with E-state index < -0.39 is 0 Å². The average Bonchev–Trinajstić information content (AvgIpc) is 2.88. The van der Waals surface area contributed by atoms with Crippen LogP contribution in [-0.4, -0.2) is 48.4 Å². The van der Waals surface area contributed by atoms with Gasteiger partial charge in [-0.3, -0.25) is 4.90 Å². The molecule has 5 rings (SSSR count). The third-order valence-corrected chi connectivity index (χ3v) is 6.74. The molecule has 1 aliphatic carbocycles. The SMILES string of the molecule is Cc1cccc(OC2CN([C@H]3c4ccccc4C4(CCNCC4)[C@@H]3O)C2)c1. The molecule has 2 fully saturated rings. The molecular weight excluding hydrogens is 336 g/mol. The molecular formula is C23H28N2O2. The standard InChI is InChI=1S/C23H28N2O2/c1-16-5-4-6-17(13-16)27-18-14-25(15-18)21-19-7-2-3-8-20(19)23(22(21)26)9-11-24-12-10-23/h2-8,13,18,21-22,24,26H,9-12,14-15H2,1H3/t21-,22+/m0/s1. The maximum absolute atomic E-state index is 11.4. The van der Waals surface area contributed by atoms with Crippen molar-refractivity contribution >= 4 is 0 Å². The molecule has 2 aromatic carbocycles. The highest BCUT2D eigenvalue weighted by Gasteiger charge is 2.54. The van der Waals surface area contributed by atoms with Crippen molar-refractivity contribution in [2.75, 3.05) is 26.2 Å². The van der Waals surface area contributed by atoms with E-state index in [2.05, 4.69) is 53.5 Å². The molecule has 2 atom stereocenters. The number of hydrogen-bond acceptors (Lipinski definition) is 4. The molecule has 2 heterocycles. The molecule has 2 aromatic rings. The fraction of sp³-hybridized carbons (Fsp3) is 0.478. The second-order valence-corrected chi connectivity index (χ2v) is 8.39. The molecule has 27 heavy (non-hydrogen) atoms. The highest BCUT2D eigenvalue weighted by atomic mass is 16.5. The summed E-state index contributed by atoms with van der Waals surface area (Å²) in [6.45, 7) is 5.80. The van der Waals surface area contributed by atoms with Gasteiger partial charge in [-0.05, 0) is 61.7 Å². The van der Waals surface area contributed by atoms with E-state index in [0.29, 0.717) is 0 Å². The predicted molar refractivity (Wildman–Crippen MR) is 106 cm³/mol. The summed E-state index contributed by atoms with van der Waals surface area (Å²) in [4.78, 5) is 2.40. The average molecular weight is 364 g/mol. The summed E-state index contributed by atoms with van der Waals surface area (Å²) in [6.07, 6.45) is 1.89. The number of likely N-dealkylation sites (tertiary alicyclic amines) is 1. The van der Waals surface area contributed by atoms with E-state index >= 15 is 0 Å². The predicted octanol–water partition coefficient (Wildman–Crippen LogP) is 2.80. The maximum atomic E-state index is 11.4. The lowest BCUT2D eigenvalue weighted by atomic mass is 9.72. The fourth-order valence-electron chi connectivity index (χ4n) is 5.33. The topological polar surface area (TPSA) is 44.7 Å². The Morgan fingerprint density at radius 1 is 1.07 bits per heavy atom. The molecule has 4 heteroatoms. The number of hydrogen-bond donors (Lipinski definition) is 2. The first kappa shape index (κ1) is 17.2. The first-order valence-corrected chi connectivity index (χ1v) is 10.1. The number of aliphatic hydroxyl groups excluding tert-OH is 1. The van der Waals surface area contributed by atoms with E-state index in [9.17, 15) is 5.11 Å². The number of benzene rings is 2. The summed E-state index contributed by atoms with van der Waals surface area (Å²) in [5.74, 6) is 0.946. The molecule has 4 nitrogen and oxygen atoms in total. The van der Waals surface area contributed by atoms with Gasteiger partial charge in [0.1, 0.15) is 11.9 Å². The number of nitrogens with zero attached hydrogens (tertiary/aromatic N) is 1. The molecule has 0 radical (unpaired) electrons. The summed E-state index contributed by atoms with van der Waals surface area (Å²) in [7, 11) is 0. The summed E-state index contributed by atoms with van der Waals surface area (Å²) >= 11 is 0. The monoisotopic (exact) mass is 364 g/mol. The Labute approximate surface area is 161 Å². The summed E-state index contributed by atoms with van der Waals surface area (Å²) in [6, 6.07) is 17.0. The molecule has 3 aliphatic rings. The number of fused-ring (bicyclic) bond motifs is 2. The highest BCUT2D eigenvalue weighted by molar-refractivity contribution is 5.46. The number of aliphatic hydroxyl groups is 1. The van der Waals surface area contributed by atoms with Gasteiger partial charge in [-0.1, -0.05) is 36.4 Å². The van der Waals surface area contributed by atoms with Gasteiger partial charge in [-0.2, -0.15) is 0 Å². The second kappa shape index (κ2) is 6.62. The second-order valence-electron chi connectivity index (χ2n) is 8.39. The van der Waals surface area contributed by atoms with Crippen LogP contribution in [0.25, 0.3) is 0 Å². The van der Waals surface area contributed by atoms with E-state index in [0.717, 1.165) is 44.8 Å². The van der Waals surface area contributed by atoms with Gasteiger partial charge in [-0.25, -0.2) is 0 Å². The van der Waals surface area contributed by atoms with Gasteiger partial charge in [0.05, 0.1) is 12.1 Å². The van der Waals surface area contributed by atoms with Gasteiger partial charge in [-0.15, -0.1) is 0 Å². The van der Waals surface area contributed by atoms with Crippen LogP contribution in [0.1, 0.15) is 35.6 Å². The van der Waals surface area contributed by atoms with Crippen LogP contribution >= 0.6 is 0 Å². The molecule has 0 saturated carbocycles. The normalized spacial score (nSPS) is 27.3. The number of piperidine rings is 1. The van der Waals surface area contributed by atoms with Gasteiger partial charge >= 0.3 is 0 Å². The van der Waals surface area contributed by atoms with Crippen molar-refractivity contribution in [3.63, 3.8) is 0 Å². The summed E-state index contributed by atoms with van der Waals surface area (Å²) in [5, 5.41) is 14.9. The minimum atomic E-state index is -0.336. The molecule has 0 aromatic heterocycles. The Morgan fingerprint density at radius 2 is 1.85 bits per heavy atom. The minimum absolute atomic E-state index is 0.0883. The zero-order valence-electron chi connectivity index (χ0n) is 15.9. The van der Waals surface area contributed by atoms with Crippen molar-refractivity contribution in [2.45, 2.75) is 43.4 Å². The molecule has 142 valence electrons. The Kier molecular flexibility index (Phi) is 4.23. The van der Waals surface area contributed by atoms with Crippen LogP contribution in [0, 0.1) is 6.92 Å². The smallest absolute Gasteiger partial charge is 0.124 e. The van der Waals surface area contributed by atoms with Crippen molar-refractivity contribution in [3.8, 4) is 5.75 Å². The fourth-order valence-corrected chi connectivity index (χ4v) is 5.33. The van der Waals surface area contributed by atoms with Gasteiger partial charge in [0.15, 0.2) is 0 Å². The van der Waals surface area contributed by atoms with Crippen molar-refractivity contribution in [1.82, 2.24) is 10.2 Å². The Bertz CT molecular complexity index is 825. The van der Waals surface area contributed by atoms with E-state index in [-0.39, 0.29) is 23.7 Å². The number of aryl methyl sites for hydroxylation is 1. The number of rotatable bonds is 3. The van der Waals surface area contributed by atoms with Gasteiger partial charge in [0, 0.05) is 18.5 Å². The Balaban J connectivity index is 1.34. The van der Waals surface area contributed by atoms with Crippen LogP contribution < -0.4 is 10.1 Å². The van der Waals surface area contributed by atoms with Crippen LogP contribution in [0.3, 0.4) is 0 Å².